The fourth-order valence-electron chi connectivity index (χ4n) is 2.67. The number of rotatable bonds is 13. The van der Waals surface area contributed by atoms with Crippen LogP contribution in [0.15, 0.2) is 23.4 Å². The number of ether oxygens (including phenoxy) is 3. The Labute approximate surface area is 176 Å². The first-order valence-electron chi connectivity index (χ1n) is 9.14. The minimum absolute atomic E-state index is 0.0802. The van der Waals surface area contributed by atoms with Crippen LogP contribution in [-0.2, 0) is 21.3 Å². The highest BCUT2D eigenvalue weighted by molar-refractivity contribution is 7.99. The largest absolute Gasteiger partial charge is 0.493 e. The van der Waals surface area contributed by atoms with Crippen molar-refractivity contribution in [1.82, 2.24) is 19.5 Å². The van der Waals surface area contributed by atoms with Crippen molar-refractivity contribution in [2.45, 2.75) is 24.5 Å². The average Bonchev–Trinajstić information content (AvgIpc) is 3.13. The van der Waals surface area contributed by atoms with Gasteiger partial charge >= 0.3 is 0 Å². The number of benzene rings is 1. The fourth-order valence-corrected chi connectivity index (χ4v) is 4.48. The Kier molecular flexibility index (Phi) is 9.21. The van der Waals surface area contributed by atoms with Gasteiger partial charge in [0, 0.05) is 31.6 Å². The lowest BCUT2D eigenvalue weighted by atomic mass is 10.2. The Morgan fingerprint density at radius 3 is 2.52 bits per heavy atom. The number of hydrogen-bond acceptors (Lipinski definition) is 8. The van der Waals surface area contributed by atoms with Gasteiger partial charge in [0.2, 0.25) is 10.0 Å². The molecule has 1 N–H and O–H groups in total. The van der Waals surface area contributed by atoms with Gasteiger partial charge in [-0.25, -0.2) is 13.1 Å². The molecule has 11 heteroatoms. The molecule has 162 valence electrons. The van der Waals surface area contributed by atoms with Crippen LogP contribution >= 0.6 is 11.8 Å². The molecule has 1 heterocycles. The van der Waals surface area contributed by atoms with Crippen molar-refractivity contribution in [2.75, 3.05) is 46.5 Å². The zero-order chi connectivity index (χ0) is 21.3. The summed E-state index contributed by atoms with van der Waals surface area (Å²) in [5, 5.41) is 9.43. The summed E-state index contributed by atoms with van der Waals surface area (Å²) in [5.74, 6) is 2.67. The standard InChI is InChI=1S/C18H28N4O5S2/c1-19-29(23,24)12-6-11-28-18-21-20-17(22(18)9-5-10-25-2)14-7-8-15(26-3)16(13-14)27-4/h7-8,13,19H,5-6,9-12H2,1-4H3. The number of nitrogens with one attached hydrogen (secondary N) is 1. The summed E-state index contributed by atoms with van der Waals surface area (Å²) in [6.07, 6.45) is 1.32. The van der Waals surface area contributed by atoms with Gasteiger partial charge in [0.25, 0.3) is 0 Å². The van der Waals surface area contributed by atoms with E-state index < -0.39 is 10.0 Å². The van der Waals surface area contributed by atoms with Gasteiger partial charge in [0.05, 0.1) is 20.0 Å². The summed E-state index contributed by atoms with van der Waals surface area (Å²) < 4.78 is 43.3. The number of thioether (sulfide) groups is 1. The van der Waals surface area contributed by atoms with Gasteiger partial charge in [-0.2, -0.15) is 0 Å². The van der Waals surface area contributed by atoms with Crippen LogP contribution in [0.4, 0.5) is 0 Å². The maximum Gasteiger partial charge on any atom is 0.211 e. The van der Waals surface area contributed by atoms with Gasteiger partial charge in [0.15, 0.2) is 22.5 Å². The molecule has 0 aliphatic carbocycles. The van der Waals surface area contributed by atoms with E-state index in [1.807, 2.05) is 22.8 Å². The molecule has 0 atom stereocenters. The Morgan fingerprint density at radius 1 is 1.10 bits per heavy atom. The second-order valence-corrected chi connectivity index (χ2v) is 9.21. The molecule has 2 aromatic rings. The summed E-state index contributed by atoms with van der Waals surface area (Å²) in [6, 6.07) is 5.60. The summed E-state index contributed by atoms with van der Waals surface area (Å²) in [6.45, 7) is 1.30. The highest BCUT2D eigenvalue weighted by atomic mass is 32.2. The minimum Gasteiger partial charge on any atom is -0.493 e. The van der Waals surface area contributed by atoms with Crippen molar-refractivity contribution in [2.24, 2.45) is 0 Å². The maximum atomic E-state index is 11.6. The third kappa shape index (κ3) is 6.59. The van der Waals surface area contributed by atoms with Crippen LogP contribution in [0.25, 0.3) is 11.4 Å². The van der Waals surface area contributed by atoms with Gasteiger partial charge in [-0.05, 0) is 38.1 Å². The van der Waals surface area contributed by atoms with Crippen LogP contribution in [0.1, 0.15) is 12.8 Å². The van der Waals surface area contributed by atoms with Crippen molar-refractivity contribution in [1.29, 1.82) is 0 Å². The quantitative estimate of drug-likeness (QED) is 0.370. The highest BCUT2D eigenvalue weighted by Crippen LogP contribution is 2.33. The molecule has 0 unspecified atom stereocenters. The van der Waals surface area contributed by atoms with Gasteiger partial charge in [-0.1, -0.05) is 11.8 Å². The van der Waals surface area contributed by atoms with E-state index in [1.54, 1.807) is 21.3 Å². The first-order valence-corrected chi connectivity index (χ1v) is 11.8. The van der Waals surface area contributed by atoms with E-state index in [0.29, 0.717) is 42.6 Å². The van der Waals surface area contributed by atoms with Crippen LogP contribution in [0, 0.1) is 0 Å². The lowest BCUT2D eigenvalue weighted by Crippen LogP contribution is -2.22. The normalized spacial score (nSPS) is 11.6. The molecular weight excluding hydrogens is 416 g/mol. The van der Waals surface area contributed by atoms with E-state index >= 15 is 0 Å². The lowest BCUT2D eigenvalue weighted by Gasteiger charge is -2.12. The SMILES string of the molecule is CNS(=O)(=O)CCCSc1nnc(-c2ccc(OC)c(OC)c2)n1CCCOC. The molecule has 9 nitrogen and oxygen atoms in total. The molecule has 29 heavy (non-hydrogen) atoms. The second-order valence-electron chi connectivity index (χ2n) is 6.10. The molecule has 1 aromatic carbocycles. The number of hydrogen-bond donors (Lipinski definition) is 1. The molecule has 0 aliphatic heterocycles. The van der Waals surface area contributed by atoms with E-state index in [9.17, 15) is 8.42 Å². The van der Waals surface area contributed by atoms with Gasteiger partial charge in [-0.15, -0.1) is 10.2 Å². The van der Waals surface area contributed by atoms with Gasteiger partial charge in [-0.3, -0.25) is 0 Å². The zero-order valence-electron chi connectivity index (χ0n) is 17.2. The van der Waals surface area contributed by atoms with Crippen LogP contribution in [-0.4, -0.2) is 69.7 Å². The Hall–Kier alpha value is -1.82. The van der Waals surface area contributed by atoms with Crippen LogP contribution in [0.3, 0.4) is 0 Å². The van der Waals surface area contributed by atoms with E-state index in [4.69, 9.17) is 14.2 Å². The molecule has 0 amide bonds. The highest BCUT2D eigenvalue weighted by Gasteiger charge is 2.17. The Bertz CT molecular complexity index is 886. The van der Waals surface area contributed by atoms with E-state index in [2.05, 4.69) is 14.9 Å². The Balaban J connectivity index is 2.22. The van der Waals surface area contributed by atoms with Crippen molar-refractivity contribution >= 4 is 21.8 Å². The molecule has 0 spiro atoms. The third-order valence-corrected chi connectivity index (χ3v) is 6.69. The van der Waals surface area contributed by atoms with Crippen molar-refractivity contribution in [3.05, 3.63) is 18.2 Å². The first-order chi connectivity index (χ1) is 14.0. The second kappa shape index (κ2) is 11.4. The maximum absolute atomic E-state index is 11.6. The van der Waals surface area contributed by atoms with Crippen LogP contribution in [0.5, 0.6) is 11.5 Å². The molecule has 0 saturated carbocycles. The molecule has 0 aliphatic rings. The zero-order valence-corrected chi connectivity index (χ0v) is 18.8. The van der Waals surface area contributed by atoms with Crippen molar-refractivity contribution < 1.29 is 22.6 Å². The Morgan fingerprint density at radius 2 is 1.86 bits per heavy atom. The minimum atomic E-state index is -3.20. The predicted octanol–water partition coefficient (Wildman–Crippen LogP) is 2.03. The smallest absolute Gasteiger partial charge is 0.211 e. The summed E-state index contributed by atoms with van der Waals surface area (Å²) in [7, 11) is 3.06. The lowest BCUT2D eigenvalue weighted by molar-refractivity contribution is 0.189. The first kappa shape index (κ1) is 23.5. The van der Waals surface area contributed by atoms with Crippen LogP contribution in [0.2, 0.25) is 0 Å². The van der Waals surface area contributed by atoms with Gasteiger partial charge < -0.3 is 18.8 Å². The number of aromatic nitrogens is 3. The molecule has 1 aromatic heterocycles. The molecule has 2 rings (SSSR count). The molecular formula is C18H28N4O5S2. The number of nitrogens with zero attached hydrogens (tertiary/aromatic N) is 3. The molecule has 0 fully saturated rings. The van der Waals surface area contributed by atoms with Gasteiger partial charge in [0.1, 0.15) is 0 Å². The molecule has 0 saturated heterocycles. The predicted molar refractivity (Wildman–Crippen MR) is 113 cm³/mol. The number of sulfonamides is 1. The van der Waals surface area contributed by atoms with Crippen LogP contribution < -0.4 is 14.2 Å². The summed E-state index contributed by atoms with van der Waals surface area (Å²) >= 11 is 1.49. The topological polar surface area (TPSA) is 105 Å². The third-order valence-electron chi connectivity index (χ3n) is 4.19. The fraction of sp³-hybridized carbons (Fsp3) is 0.556. The van der Waals surface area contributed by atoms with Crippen molar-refractivity contribution in [3.8, 4) is 22.9 Å². The average molecular weight is 445 g/mol. The summed E-state index contributed by atoms with van der Waals surface area (Å²) in [5.41, 5.74) is 0.858. The van der Waals surface area contributed by atoms with E-state index in [1.165, 1.54) is 18.8 Å². The monoisotopic (exact) mass is 444 g/mol. The number of methoxy groups -OCH3 is 3. The van der Waals surface area contributed by atoms with Crippen molar-refractivity contribution in [3.63, 3.8) is 0 Å². The van der Waals surface area contributed by atoms with E-state index in [0.717, 1.165) is 17.1 Å². The molecule has 0 bridgehead atoms. The van der Waals surface area contributed by atoms with E-state index in [-0.39, 0.29) is 5.75 Å². The summed E-state index contributed by atoms with van der Waals surface area (Å²) in [4.78, 5) is 0. The molecule has 0 radical (unpaired) electrons.